The quantitative estimate of drug-likeness (QED) is 0.838. The second-order valence-corrected chi connectivity index (χ2v) is 4.48. The summed E-state index contributed by atoms with van der Waals surface area (Å²) < 4.78 is 0. The molecule has 0 atom stereocenters. The van der Waals surface area contributed by atoms with Gasteiger partial charge >= 0.3 is 0 Å². The first-order valence-corrected chi connectivity index (χ1v) is 5.52. The van der Waals surface area contributed by atoms with Crippen molar-refractivity contribution in [3.63, 3.8) is 0 Å². The molecule has 0 aliphatic heterocycles. The molecule has 0 amide bonds. The van der Waals surface area contributed by atoms with Gasteiger partial charge in [0.1, 0.15) is 5.82 Å². The predicted octanol–water partition coefficient (Wildman–Crippen LogP) is 3.12. The fourth-order valence-corrected chi connectivity index (χ4v) is 2.09. The largest absolute Gasteiger partial charge is 0.384 e. The SMILES string of the molecule is Cc1ccc(Sc2ccnc(N)c2)cc1. The van der Waals surface area contributed by atoms with Crippen molar-refractivity contribution in [1.82, 2.24) is 4.98 Å². The van der Waals surface area contributed by atoms with E-state index in [1.54, 1.807) is 18.0 Å². The van der Waals surface area contributed by atoms with Crippen molar-refractivity contribution >= 4 is 17.6 Å². The summed E-state index contributed by atoms with van der Waals surface area (Å²) in [4.78, 5) is 6.29. The van der Waals surface area contributed by atoms with Crippen molar-refractivity contribution in [2.24, 2.45) is 0 Å². The van der Waals surface area contributed by atoms with Crippen LogP contribution in [0.3, 0.4) is 0 Å². The van der Waals surface area contributed by atoms with Gasteiger partial charge in [-0.25, -0.2) is 4.98 Å². The molecule has 0 aliphatic carbocycles. The minimum atomic E-state index is 0.562. The summed E-state index contributed by atoms with van der Waals surface area (Å²) in [6, 6.07) is 12.3. The third kappa shape index (κ3) is 2.73. The monoisotopic (exact) mass is 216 g/mol. The number of aromatic nitrogens is 1. The van der Waals surface area contributed by atoms with Gasteiger partial charge in [0.05, 0.1) is 0 Å². The average Bonchev–Trinajstić information content (AvgIpc) is 2.22. The molecule has 0 saturated carbocycles. The number of rotatable bonds is 2. The molecule has 1 aromatic heterocycles. The van der Waals surface area contributed by atoms with E-state index in [1.165, 1.54) is 10.5 Å². The minimum Gasteiger partial charge on any atom is -0.384 e. The second-order valence-electron chi connectivity index (χ2n) is 3.33. The maximum Gasteiger partial charge on any atom is 0.124 e. The van der Waals surface area contributed by atoms with Crippen LogP contribution in [0.4, 0.5) is 5.82 Å². The first-order valence-electron chi connectivity index (χ1n) is 4.70. The van der Waals surface area contributed by atoms with E-state index in [0.717, 1.165) is 4.90 Å². The molecule has 0 radical (unpaired) electrons. The van der Waals surface area contributed by atoms with Gasteiger partial charge in [-0.2, -0.15) is 0 Å². The van der Waals surface area contributed by atoms with E-state index in [0.29, 0.717) is 5.82 Å². The lowest BCUT2D eigenvalue weighted by Gasteiger charge is -2.02. The molecule has 0 spiro atoms. The van der Waals surface area contributed by atoms with Crippen LogP contribution >= 0.6 is 11.8 Å². The van der Waals surface area contributed by atoms with Gasteiger partial charge in [0.15, 0.2) is 0 Å². The predicted molar refractivity (Wildman–Crippen MR) is 64.0 cm³/mol. The Morgan fingerprint density at radius 1 is 1.07 bits per heavy atom. The van der Waals surface area contributed by atoms with Crippen LogP contribution < -0.4 is 5.73 Å². The molecule has 0 fully saturated rings. The number of hydrogen-bond acceptors (Lipinski definition) is 3. The highest BCUT2D eigenvalue weighted by atomic mass is 32.2. The number of nitrogens with zero attached hydrogens (tertiary/aromatic N) is 1. The van der Waals surface area contributed by atoms with Gasteiger partial charge in [0, 0.05) is 16.0 Å². The summed E-state index contributed by atoms with van der Waals surface area (Å²) in [5.74, 6) is 0.562. The zero-order valence-corrected chi connectivity index (χ0v) is 9.29. The van der Waals surface area contributed by atoms with Gasteiger partial charge in [0.2, 0.25) is 0 Å². The molecule has 0 unspecified atom stereocenters. The van der Waals surface area contributed by atoms with Crippen LogP contribution in [0.1, 0.15) is 5.56 Å². The van der Waals surface area contributed by atoms with Crippen molar-refractivity contribution in [2.45, 2.75) is 16.7 Å². The number of pyridine rings is 1. The van der Waals surface area contributed by atoms with E-state index < -0.39 is 0 Å². The van der Waals surface area contributed by atoms with E-state index in [2.05, 4.69) is 36.2 Å². The van der Waals surface area contributed by atoms with Gasteiger partial charge < -0.3 is 5.73 Å². The molecule has 1 heterocycles. The summed E-state index contributed by atoms with van der Waals surface area (Å²) in [6.07, 6.45) is 1.73. The summed E-state index contributed by atoms with van der Waals surface area (Å²) in [5, 5.41) is 0. The fraction of sp³-hybridized carbons (Fsp3) is 0.0833. The molecular weight excluding hydrogens is 204 g/mol. The lowest BCUT2D eigenvalue weighted by molar-refractivity contribution is 1.27. The van der Waals surface area contributed by atoms with Crippen LogP contribution in [-0.4, -0.2) is 4.98 Å². The third-order valence-electron chi connectivity index (χ3n) is 2.01. The standard InChI is InChI=1S/C12H12N2S/c1-9-2-4-10(5-3-9)15-11-6-7-14-12(13)8-11/h2-8H,1H3,(H2,13,14). The van der Waals surface area contributed by atoms with Crippen molar-refractivity contribution < 1.29 is 0 Å². The summed E-state index contributed by atoms with van der Waals surface area (Å²) >= 11 is 1.69. The van der Waals surface area contributed by atoms with Gasteiger partial charge in [-0.3, -0.25) is 0 Å². The smallest absolute Gasteiger partial charge is 0.124 e. The lowest BCUT2D eigenvalue weighted by Crippen LogP contribution is -1.88. The Balaban J connectivity index is 2.18. The van der Waals surface area contributed by atoms with Crippen LogP contribution in [0.25, 0.3) is 0 Å². The van der Waals surface area contributed by atoms with Crippen molar-refractivity contribution in [3.8, 4) is 0 Å². The van der Waals surface area contributed by atoms with E-state index in [9.17, 15) is 0 Å². The average molecular weight is 216 g/mol. The highest BCUT2D eigenvalue weighted by Gasteiger charge is 1.97. The topological polar surface area (TPSA) is 38.9 Å². The first kappa shape index (κ1) is 10.1. The van der Waals surface area contributed by atoms with Crippen molar-refractivity contribution in [1.29, 1.82) is 0 Å². The van der Waals surface area contributed by atoms with Crippen molar-refractivity contribution in [3.05, 3.63) is 48.2 Å². The van der Waals surface area contributed by atoms with Gasteiger partial charge in [-0.05, 0) is 31.2 Å². The molecule has 1 aromatic carbocycles. The highest BCUT2D eigenvalue weighted by Crippen LogP contribution is 2.27. The van der Waals surface area contributed by atoms with Crippen LogP contribution in [0, 0.1) is 6.92 Å². The molecular formula is C12H12N2S. The highest BCUT2D eigenvalue weighted by molar-refractivity contribution is 7.99. The minimum absolute atomic E-state index is 0.562. The van der Waals surface area contributed by atoms with E-state index >= 15 is 0 Å². The molecule has 2 aromatic rings. The van der Waals surface area contributed by atoms with Crippen LogP contribution in [0.15, 0.2) is 52.4 Å². The van der Waals surface area contributed by atoms with Gasteiger partial charge in [0.25, 0.3) is 0 Å². The Morgan fingerprint density at radius 2 is 1.80 bits per heavy atom. The molecule has 3 heteroatoms. The Hall–Kier alpha value is -1.48. The summed E-state index contributed by atoms with van der Waals surface area (Å²) in [6.45, 7) is 2.08. The van der Waals surface area contributed by atoms with Gasteiger partial charge in [-0.15, -0.1) is 0 Å². The Bertz CT molecular complexity index is 451. The zero-order valence-electron chi connectivity index (χ0n) is 8.47. The fourth-order valence-electron chi connectivity index (χ4n) is 1.23. The van der Waals surface area contributed by atoms with E-state index in [1.807, 2.05) is 12.1 Å². The summed E-state index contributed by atoms with van der Waals surface area (Å²) in [5.41, 5.74) is 6.88. The maximum atomic E-state index is 5.61. The van der Waals surface area contributed by atoms with Crippen LogP contribution in [-0.2, 0) is 0 Å². The Morgan fingerprint density at radius 3 is 2.47 bits per heavy atom. The zero-order chi connectivity index (χ0) is 10.7. The molecule has 2 nitrogen and oxygen atoms in total. The number of hydrogen-bond donors (Lipinski definition) is 1. The van der Waals surface area contributed by atoms with Crippen LogP contribution in [0.5, 0.6) is 0 Å². The van der Waals surface area contributed by atoms with E-state index in [4.69, 9.17) is 5.73 Å². The molecule has 0 saturated heterocycles. The molecule has 76 valence electrons. The van der Waals surface area contributed by atoms with Crippen LogP contribution in [0.2, 0.25) is 0 Å². The van der Waals surface area contributed by atoms with Crippen molar-refractivity contribution in [2.75, 3.05) is 5.73 Å². The lowest BCUT2D eigenvalue weighted by atomic mass is 10.2. The Kier molecular flexibility index (Phi) is 2.92. The number of anilines is 1. The molecule has 2 N–H and O–H groups in total. The molecule has 0 bridgehead atoms. The number of aryl methyl sites for hydroxylation is 1. The molecule has 2 rings (SSSR count). The first-order chi connectivity index (χ1) is 7.24. The number of nitrogen functional groups attached to an aromatic ring is 1. The van der Waals surface area contributed by atoms with E-state index in [-0.39, 0.29) is 0 Å². The normalized spacial score (nSPS) is 10.2. The summed E-state index contributed by atoms with van der Waals surface area (Å²) in [7, 11) is 0. The van der Waals surface area contributed by atoms with Gasteiger partial charge in [-0.1, -0.05) is 29.5 Å². The second kappa shape index (κ2) is 4.36. The molecule has 0 aliphatic rings. The maximum absolute atomic E-state index is 5.61. The third-order valence-corrected chi connectivity index (χ3v) is 3.01. The molecule has 15 heavy (non-hydrogen) atoms. The Labute approximate surface area is 93.5 Å². The number of nitrogens with two attached hydrogens (primary N) is 1. The number of benzene rings is 1.